The molecule has 1 unspecified atom stereocenters. The molecule has 0 radical (unpaired) electrons. The number of piperidine rings is 1. The number of rotatable bonds is 4. The number of nitrogens with zero attached hydrogens (tertiary/aromatic N) is 4. The van der Waals surface area contributed by atoms with Crippen molar-refractivity contribution >= 4 is 41.7 Å². The number of likely N-dealkylation sites (tertiary alicyclic amines) is 1. The third kappa shape index (κ3) is 5.95. The van der Waals surface area contributed by atoms with Gasteiger partial charge in [0, 0.05) is 37.9 Å². The van der Waals surface area contributed by atoms with Crippen LogP contribution < -0.4 is 16.4 Å². The quantitative estimate of drug-likeness (QED) is 0.386. The Kier molecular flexibility index (Phi) is 8.59. The maximum atomic E-state index is 11.6. The summed E-state index contributed by atoms with van der Waals surface area (Å²) in [4.78, 5) is 25.1. The van der Waals surface area contributed by atoms with Gasteiger partial charge in [-0.3, -0.25) is 4.79 Å². The Labute approximate surface area is 178 Å². The lowest BCUT2D eigenvalue weighted by Gasteiger charge is -2.33. The van der Waals surface area contributed by atoms with Crippen LogP contribution in [-0.2, 0) is 11.3 Å². The number of halogens is 1. The summed E-state index contributed by atoms with van der Waals surface area (Å²) < 4.78 is 0. The highest BCUT2D eigenvalue weighted by molar-refractivity contribution is 14.0. The van der Waals surface area contributed by atoms with Crippen molar-refractivity contribution in [2.45, 2.75) is 45.1 Å². The zero-order valence-electron chi connectivity index (χ0n) is 15.8. The standard InChI is InChI=1S/C19H30N6O.HI/c20-17(26)16-8-6-12-25(14-16)18-15(7-5-9-22-18)13-23-19(21)24-10-3-1-2-4-11-24;/h5,7,9,16H,1-4,6,8,10-14H2,(H2,20,26)(H2,21,23);1H. The molecule has 0 saturated carbocycles. The van der Waals surface area contributed by atoms with E-state index in [4.69, 9.17) is 11.5 Å². The van der Waals surface area contributed by atoms with Gasteiger partial charge in [-0.15, -0.1) is 24.0 Å². The molecule has 0 aromatic carbocycles. The van der Waals surface area contributed by atoms with Crippen molar-refractivity contribution in [3.05, 3.63) is 23.9 Å². The summed E-state index contributed by atoms with van der Waals surface area (Å²) in [6.07, 6.45) is 8.48. The zero-order chi connectivity index (χ0) is 18.4. The van der Waals surface area contributed by atoms with Gasteiger partial charge in [0.25, 0.3) is 0 Å². The molecular weight excluding hydrogens is 455 g/mol. The first kappa shape index (κ1) is 21.7. The Balaban J connectivity index is 0.00000261. The summed E-state index contributed by atoms with van der Waals surface area (Å²) in [5.74, 6) is 1.18. The smallest absolute Gasteiger partial charge is 0.222 e. The first-order chi connectivity index (χ1) is 12.6. The zero-order valence-corrected chi connectivity index (χ0v) is 18.2. The first-order valence-electron chi connectivity index (χ1n) is 9.68. The molecule has 3 heterocycles. The highest BCUT2D eigenvalue weighted by Crippen LogP contribution is 2.25. The number of amides is 1. The van der Waals surface area contributed by atoms with Crippen LogP contribution >= 0.6 is 24.0 Å². The van der Waals surface area contributed by atoms with Gasteiger partial charge in [0.05, 0.1) is 12.5 Å². The van der Waals surface area contributed by atoms with Crippen LogP contribution in [0.2, 0.25) is 0 Å². The summed E-state index contributed by atoms with van der Waals surface area (Å²) >= 11 is 0. The number of aromatic nitrogens is 1. The minimum Gasteiger partial charge on any atom is -0.370 e. The van der Waals surface area contributed by atoms with Crippen LogP contribution in [0.1, 0.15) is 44.1 Å². The average molecular weight is 486 g/mol. The first-order valence-corrected chi connectivity index (χ1v) is 9.68. The number of primary amides is 1. The molecule has 8 heteroatoms. The fraction of sp³-hybridized carbons (Fsp3) is 0.632. The highest BCUT2D eigenvalue weighted by Gasteiger charge is 2.26. The van der Waals surface area contributed by atoms with Gasteiger partial charge in [-0.05, 0) is 31.7 Å². The monoisotopic (exact) mass is 486 g/mol. The maximum absolute atomic E-state index is 11.6. The second kappa shape index (κ2) is 10.7. The molecule has 0 bridgehead atoms. The van der Waals surface area contributed by atoms with Gasteiger partial charge < -0.3 is 21.3 Å². The van der Waals surface area contributed by atoms with Crippen LogP contribution in [-0.4, -0.2) is 47.9 Å². The Hall–Kier alpha value is -1.58. The fourth-order valence-electron chi connectivity index (χ4n) is 3.81. The molecule has 0 aliphatic carbocycles. The highest BCUT2D eigenvalue weighted by atomic mass is 127. The van der Waals surface area contributed by atoms with Crippen LogP contribution in [0.4, 0.5) is 5.82 Å². The molecule has 1 atom stereocenters. The molecule has 2 fully saturated rings. The summed E-state index contributed by atoms with van der Waals surface area (Å²) in [5, 5.41) is 0. The van der Waals surface area contributed by atoms with E-state index in [1.54, 1.807) is 6.20 Å². The Bertz CT molecular complexity index is 645. The van der Waals surface area contributed by atoms with Gasteiger partial charge >= 0.3 is 0 Å². The average Bonchev–Trinajstić information content (AvgIpc) is 2.96. The molecular formula is C19H31IN6O. The van der Waals surface area contributed by atoms with Gasteiger partial charge in [0.1, 0.15) is 5.82 Å². The Morgan fingerprint density at radius 1 is 1.15 bits per heavy atom. The molecule has 7 nitrogen and oxygen atoms in total. The van der Waals surface area contributed by atoms with E-state index >= 15 is 0 Å². The Morgan fingerprint density at radius 3 is 2.59 bits per heavy atom. The predicted molar refractivity (Wildman–Crippen MR) is 119 cm³/mol. The number of hydrogen-bond donors (Lipinski definition) is 2. The van der Waals surface area contributed by atoms with Crippen LogP contribution in [0, 0.1) is 5.92 Å². The normalized spacial score (nSPS) is 21.3. The number of anilines is 1. The molecule has 2 aliphatic rings. The molecule has 1 aromatic rings. The molecule has 3 rings (SSSR count). The van der Waals surface area contributed by atoms with Crippen molar-refractivity contribution in [2.24, 2.45) is 22.4 Å². The van der Waals surface area contributed by atoms with E-state index in [0.29, 0.717) is 19.0 Å². The maximum Gasteiger partial charge on any atom is 0.222 e. The second-order valence-electron chi connectivity index (χ2n) is 7.25. The number of nitrogens with two attached hydrogens (primary N) is 2. The molecule has 27 heavy (non-hydrogen) atoms. The molecule has 150 valence electrons. The summed E-state index contributed by atoms with van der Waals surface area (Å²) in [5.41, 5.74) is 12.8. The number of carbonyl (C=O) groups excluding carboxylic acids is 1. The predicted octanol–water partition coefficient (Wildman–Crippen LogP) is 2.09. The number of aliphatic imine (C=N–C) groups is 1. The third-order valence-electron chi connectivity index (χ3n) is 5.33. The molecule has 1 amide bonds. The van der Waals surface area contributed by atoms with Gasteiger partial charge in [0.15, 0.2) is 5.96 Å². The lowest BCUT2D eigenvalue weighted by molar-refractivity contribution is -0.122. The van der Waals surface area contributed by atoms with Crippen molar-refractivity contribution < 1.29 is 4.79 Å². The summed E-state index contributed by atoms with van der Waals surface area (Å²) in [6, 6.07) is 3.96. The minimum absolute atomic E-state index is 0. The largest absolute Gasteiger partial charge is 0.370 e. The van der Waals surface area contributed by atoms with E-state index in [0.717, 1.165) is 43.9 Å². The van der Waals surface area contributed by atoms with Crippen LogP contribution in [0.25, 0.3) is 0 Å². The van der Waals surface area contributed by atoms with Gasteiger partial charge in [0.2, 0.25) is 5.91 Å². The Morgan fingerprint density at radius 2 is 1.89 bits per heavy atom. The van der Waals surface area contributed by atoms with E-state index in [9.17, 15) is 4.79 Å². The fourth-order valence-corrected chi connectivity index (χ4v) is 3.81. The van der Waals surface area contributed by atoms with Crippen molar-refractivity contribution in [1.82, 2.24) is 9.88 Å². The summed E-state index contributed by atoms with van der Waals surface area (Å²) in [6.45, 7) is 4.00. The number of guanidine groups is 1. The molecule has 2 aliphatic heterocycles. The minimum atomic E-state index is -0.226. The van der Waals surface area contributed by atoms with E-state index in [-0.39, 0.29) is 35.8 Å². The lowest BCUT2D eigenvalue weighted by Crippen LogP contribution is -2.42. The molecule has 4 N–H and O–H groups in total. The second-order valence-corrected chi connectivity index (χ2v) is 7.25. The van der Waals surface area contributed by atoms with Crippen LogP contribution in [0.3, 0.4) is 0 Å². The molecule has 2 saturated heterocycles. The lowest BCUT2D eigenvalue weighted by atomic mass is 9.97. The van der Waals surface area contributed by atoms with Crippen molar-refractivity contribution in [2.75, 3.05) is 31.1 Å². The van der Waals surface area contributed by atoms with Gasteiger partial charge in [-0.25, -0.2) is 9.98 Å². The van der Waals surface area contributed by atoms with E-state index < -0.39 is 0 Å². The van der Waals surface area contributed by atoms with Crippen LogP contribution in [0.15, 0.2) is 23.3 Å². The molecule has 0 spiro atoms. The van der Waals surface area contributed by atoms with Crippen molar-refractivity contribution in [3.8, 4) is 0 Å². The number of pyridine rings is 1. The van der Waals surface area contributed by atoms with Crippen LogP contribution in [0.5, 0.6) is 0 Å². The topological polar surface area (TPSA) is 101 Å². The third-order valence-corrected chi connectivity index (χ3v) is 5.33. The van der Waals surface area contributed by atoms with Crippen molar-refractivity contribution in [1.29, 1.82) is 0 Å². The van der Waals surface area contributed by atoms with E-state index in [1.807, 2.05) is 12.1 Å². The number of hydrogen-bond acceptors (Lipinski definition) is 4. The SMILES string of the molecule is I.NC(=O)C1CCCN(c2ncccc2CN=C(N)N2CCCCCC2)C1. The van der Waals surface area contributed by atoms with Gasteiger partial charge in [-0.1, -0.05) is 18.9 Å². The van der Waals surface area contributed by atoms with Crippen molar-refractivity contribution in [3.63, 3.8) is 0 Å². The molecule has 1 aromatic heterocycles. The van der Waals surface area contributed by atoms with E-state index in [2.05, 4.69) is 19.8 Å². The van der Waals surface area contributed by atoms with Gasteiger partial charge in [-0.2, -0.15) is 0 Å². The van der Waals surface area contributed by atoms with E-state index in [1.165, 1.54) is 25.7 Å². The number of carbonyl (C=O) groups is 1. The summed E-state index contributed by atoms with van der Waals surface area (Å²) in [7, 11) is 0.